The van der Waals surface area contributed by atoms with Crippen LogP contribution in [0.1, 0.15) is 19.8 Å². The topological polar surface area (TPSA) is 52.7 Å². The maximum atomic E-state index is 12.3. The average molecular weight is 261 g/mol. The van der Waals surface area contributed by atoms with Gasteiger partial charge in [0.05, 0.1) is 5.25 Å². The second kappa shape index (κ2) is 5.65. The SMILES string of the molecule is CCCN1CCN(S(=O)(=O)C2CCNC2)CC1. The third-order valence-corrected chi connectivity index (χ3v) is 6.00. The lowest BCUT2D eigenvalue weighted by Gasteiger charge is -2.35. The fourth-order valence-corrected chi connectivity index (χ4v) is 4.46. The first-order valence-corrected chi connectivity index (χ1v) is 8.07. The smallest absolute Gasteiger partial charge is 0.218 e. The van der Waals surface area contributed by atoms with Crippen LogP contribution in [0.15, 0.2) is 0 Å². The Hall–Kier alpha value is -0.170. The van der Waals surface area contributed by atoms with Crippen molar-refractivity contribution in [3.8, 4) is 0 Å². The molecule has 5 nitrogen and oxygen atoms in total. The summed E-state index contributed by atoms with van der Waals surface area (Å²) >= 11 is 0. The summed E-state index contributed by atoms with van der Waals surface area (Å²) in [6, 6.07) is 0. The quantitative estimate of drug-likeness (QED) is 0.755. The maximum absolute atomic E-state index is 12.3. The summed E-state index contributed by atoms with van der Waals surface area (Å²) in [5.74, 6) is 0. The average Bonchev–Trinajstić information content (AvgIpc) is 2.84. The summed E-state index contributed by atoms with van der Waals surface area (Å²) in [5.41, 5.74) is 0. The normalized spacial score (nSPS) is 28.6. The summed E-state index contributed by atoms with van der Waals surface area (Å²) < 4.78 is 26.3. The fourth-order valence-electron chi connectivity index (χ4n) is 2.62. The summed E-state index contributed by atoms with van der Waals surface area (Å²) in [5, 5.41) is 2.94. The van der Waals surface area contributed by atoms with Crippen molar-refractivity contribution in [3.05, 3.63) is 0 Å². The molecule has 1 atom stereocenters. The van der Waals surface area contributed by atoms with Gasteiger partial charge in [0.1, 0.15) is 0 Å². The van der Waals surface area contributed by atoms with Crippen LogP contribution in [0, 0.1) is 0 Å². The molecule has 1 unspecified atom stereocenters. The first-order chi connectivity index (χ1) is 8.14. The molecule has 2 aliphatic rings. The number of piperazine rings is 1. The van der Waals surface area contributed by atoms with E-state index in [2.05, 4.69) is 17.1 Å². The van der Waals surface area contributed by atoms with E-state index in [1.807, 2.05) is 0 Å². The van der Waals surface area contributed by atoms with Gasteiger partial charge >= 0.3 is 0 Å². The number of hydrogen-bond acceptors (Lipinski definition) is 4. The van der Waals surface area contributed by atoms with Crippen LogP contribution in [0.25, 0.3) is 0 Å². The Balaban J connectivity index is 1.91. The van der Waals surface area contributed by atoms with Crippen molar-refractivity contribution in [2.75, 3.05) is 45.8 Å². The molecule has 6 heteroatoms. The van der Waals surface area contributed by atoms with E-state index >= 15 is 0 Å². The lowest BCUT2D eigenvalue weighted by molar-refractivity contribution is 0.188. The molecule has 0 bridgehead atoms. The molecule has 0 amide bonds. The third-order valence-electron chi connectivity index (χ3n) is 3.67. The largest absolute Gasteiger partial charge is 0.315 e. The van der Waals surface area contributed by atoms with Crippen LogP contribution in [-0.2, 0) is 10.0 Å². The Morgan fingerprint density at radius 3 is 2.47 bits per heavy atom. The van der Waals surface area contributed by atoms with Crippen LogP contribution in [0.5, 0.6) is 0 Å². The highest BCUT2D eigenvalue weighted by atomic mass is 32.2. The maximum Gasteiger partial charge on any atom is 0.218 e. The van der Waals surface area contributed by atoms with Crippen molar-refractivity contribution < 1.29 is 8.42 Å². The van der Waals surface area contributed by atoms with Crippen LogP contribution < -0.4 is 5.32 Å². The monoisotopic (exact) mass is 261 g/mol. The number of nitrogens with one attached hydrogen (secondary N) is 1. The molecule has 1 N–H and O–H groups in total. The van der Waals surface area contributed by atoms with Crippen LogP contribution in [0.2, 0.25) is 0 Å². The number of sulfonamides is 1. The summed E-state index contributed by atoms with van der Waals surface area (Å²) in [4.78, 5) is 2.35. The number of rotatable bonds is 4. The minimum Gasteiger partial charge on any atom is -0.315 e. The zero-order valence-corrected chi connectivity index (χ0v) is 11.4. The first-order valence-electron chi connectivity index (χ1n) is 6.56. The molecule has 0 aliphatic carbocycles. The molecule has 2 rings (SSSR count). The van der Waals surface area contributed by atoms with Gasteiger partial charge in [-0.3, -0.25) is 0 Å². The second-order valence-electron chi connectivity index (χ2n) is 4.90. The molecule has 2 heterocycles. The van der Waals surface area contributed by atoms with E-state index in [4.69, 9.17) is 0 Å². The molecule has 0 spiro atoms. The Kier molecular flexibility index (Phi) is 4.41. The zero-order chi connectivity index (χ0) is 12.3. The molecule has 2 fully saturated rings. The summed E-state index contributed by atoms with van der Waals surface area (Å²) in [6.45, 7) is 7.79. The molecule has 2 saturated heterocycles. The van der Waals surface area contributed by atoms with E-state index < -0.39 is 10.0 Å². The second-order valence-corrected chi connectivity index (χ2v) is 7.11. The van der Waals surface area contributed by atoms with Gasteiger partial charge in [-0.25, -0.2) is 8.42 Å². The van der Waals surface area contributed by atoms with Gasteiger partial charge in [-0.05, 0) is 25.9 Å². The Bertz CT molecular complexity index is 331. The van der Waals surface area contributed by atoms with Crippen molar-refractivity contribution >= 4 is 10.0 Å². The van der Waals surface area contributed by atoms with Gasteiger partial charge in [-0.2, -0.15) is 4.31 Å². The van der Waals surface area contributed by atoms with E-state index in [1.165, 1.54) is 0 Å². The molecule has 0 saturated carbocycles. The molecule has 0 aromatic heterocycles. The van der Waals surface area contributed by atoms with Gasteiger partial charge in [0, 0.05) is 32.7 Å². The standard InChI is InChI=1S/C11H23N3O2S/c1-2-5-13-6-8-14(9-7-13)17(15,16)11-3-4-12-10-11/h11-12H,2-10H2,1H3. The predicted octanol–water partition coefficient (Wildman–Crippen LogP) is -0.294. The Morgan fingerprint density at radius 1 is 1.24 bits per heavy atom. The summed E-state index contributed by atoms with van der Waals surface area (Å²) in [7, 11) is -3.06. The molecule has 0 aromatic rings. The van der Waals surface area contributed by atoms with Crippen molar-refractivity contribution in [1.29, 1.82) is 0 Å². The van der Waals surface area contributed by atoms with Crippen molar-refractivity contribution in [3.63, 3.8) is 0 Å². The van der Waals surface area contributed by atoms with Gasteiger partial charge in [-0.15, -0.1) is 0 Å². The van der Waals surface area contributed by atoms with Crippen LogP contribution >= 0.6 is 0 Å². The zero-order valence-electron chi connectivity index (χ0n) is 10.6. The van der Waals surface area contributed by atoms with E-state index in [-0.39, 0.29) is 5.25 Å². The first kappa shape index (κ1) is 13.3. The highest BCUT2D eigenvalue weighted by molar-refractivity contribution is 7.89. The molecular formula is C11H23N3O2S. The van der Waals surface area contributed by atoms with Gasteiger partial charge < -0.3 is 10.2 Å². The Labute approximate surface area is 104 Å². The highest BCUT2D eigenvalue weighted by Gasteiger charge is 2.35. The van der Waals surface area contributed by atoms with E-state index in [0.29, 0.717) is 19.6 Å². The number of hydrogen-bond donors (Lipinski definition) is 1. The number of nitrogens with zero attached hydrogens (tertiary/aromatic N) is 2. The highest BCUT2D eigenvalue weighted by Crippen LogP contribution is 2.17. The van der Waals surface area contributed by atoms with E-state index in [1.54, 1.807) is 4.31 Å². The molecule has 0 radical (unpaired) electrons. The lowest BCUT2D eigenvalue weighted by Crippen LogP contribution is -2.51. The van der Waals surface area contributed by atoms with Gasteiger partial charge in [-0.1, -0.05) is 6.92 Å². The Morgan fingerprint density at radius 2 is 1.94 bits per heavy atom. The minimum atomic E-state index is -3.06. The van der Waals surface area contributed by atoms with Crippen LogP contribution in [0.4, 0.5) is 0 Å². The minimum absolute atomic E-state index is 0.194. The van der Waals surface area contributed by atoms with Gasteiger partial charge in [0.15, 0.2) is 0 Å². The third kappa shape index (κ3) is 2.99. The van der Waals surface area contributed by atoms with Crippen LogP contribution in [-0.4, -0.2) is 68.7 Å². The summed E-state index contributed by atoms with van der Waals surface area (Å²) in [6.07, 6.45) is 1.90. The molecule has 0 aromatic carbocycles. The molecule has 100 valence electrons. The van der Waals surface area contributed by atoms with Crippen molar-refractivity contribution in [2.24, 2.45) is 0 Å². The van der Waals surface area contributed by atoms with Gasteiger partial charge in [0.2, 0.25) is 10.0 Å². The van der Waals surface area contributed by atoms with Crippen molar-refractivity contribution in [2.45, 2.75) is 25.0 Å². The van der Waals surface area contributed by atoms with E-state index in [9.17, 15) is 8.42 Å². The van der Waals surface area contributed by atoms with Crippen molar-refractivity contribution in [1.82, 2.24) is 14.5 Å². The fraction of sp³-hybridized carbons (Fsp3) is 1.00. The molecule has 2 aliphatic heterocycles. The molecular weight excluding hydrogens is 238 g/mol. The lowest BCUT2D eigenvalue weighted by atomic mass is 10.3. The van der Waals surface area contributed by atoms with Gasteiger partial charge in [0.25, 0.3) is 0 Å². The van der Waals surface area contributed by atoms with Crippen LogP contribution in [0.3, 0.4) is 0 Å². The van der Waals surface area contributed by atoms with E-state index in [0.717, 1.165) is 39.0 Å². The predicted molar refractivity (Wildman–Crippen MR) is 68.5 cm³/mol. The molecule has 17 heavy (non-hydrogen) atoms.